The van der Waals surface area contributed by atoms with E-state index in [0.717, 1.165) is 50.7 Å². The Bertz CT molecular complexity index is 1750. The van der Waals surface area contributed by atoms with E-state index < -0.39 is 65.4 Å². The molecule has 1 aliphatic heterocycles. The maximum absolute atomic E-state index is 13.9. The summed E-state index contributed by atoms with van der Waals surface area (Å²) in [5.74, 6) is -2.05. The van der Waals surface area contributed by atoms with Gasteiger partial charge in [0.15, 0.2) is 23.4 Å². The lowest BCUT2D eigenvalue weighted by Gasteiger charge is -2.39. The number of hydrogen-bond donors (Lipinski definition) is 7. The zero-order chi connectivity index (χ0) is 33.1. The van der Waals surface area contributed by atoms with Crippen molar-refractivity contribution in [3.8, 4) is 34.3 Å². The summed E-state index contributed by atoms with van der Waals surface area (Å²) < 4.78 is 23.2. The Morgan fingerprint density at radius 3 is 2.28 bits per heavy atom. The van der Waals surface area contributed by atoms with Gasteiger partial charge < -0.3 is 54.1 Å². The second-order valence-corrected chi connectivity index (χ2v) is 11.5. The van der Waals surface area contributed by atoms with Crippen molar-refractivity contribution in [2.24, 2.45) is 0 Å². The number of hydrogen-bond acceptors (Lipinski definition) is 13. The highest BCUT2D eigenvalue weighted by Crippen LogP contribution is 2.44. The fourth-order valence-corrected chi connectivity index (χ4v) is 5.84. The number of aldehydes is 1. The smallest absolute Gasteiger partial charge is 0.239 e. The minimum absolute atomic E-state index is 0.0471. The highest BCUT2D eigenvalue weighted by molar-refractivity contribution is 6.08. The van der Waals surface area contributed by atoms with Crippen LogP contribution in [0, 0.1) is 0 Å². The molecular formula is C33H38O13. The SMILES string of the molecule is CCCCCCCCCc1oc2c(O)ccc(-c3oc4cc(O)cc(O)c4c(=O)c3O[C@@H]3O[C@H](CO)[C@H](O)[C@H](O)[C@H]3O)c2c1C=O. The number of furan rings is 1. The van der Waals surface area contributed by atoms with E-state index >= 15 is 0 Å². The molecule has 5 atom stereocenters. The zero-order valence-corrected chi connectivity index (χ0v) is 25.2. The number of aliphatic hydroxyl groups excluding tert-OH is 4. The molecule has 0 amide bonds. The third kappa shape index (κ3) is 6.29. The van der Waals surface area contributed by atoms with E-state index in [9.17, 15) is 45.3 Å². The largest absolute Gasteiger partial charge is 0.508 e. The van der Waals surface area contributed by atoms with E-state index in [4.69, 9.17) is 18.3 Å². The van der Waals surface area contributed by atoms with Crippen molar-refractivity contribution in [2.45, 2.75) is 89.0 Å². The third-order valence-electron chi connectivity index (χ3n) is 8.30. The van der Waals surface area contributed by atoms with Crippen LogP contribution in [0.4, 0.5) is 0 Å². The average Bonchev–Trinajstić information content (AvgIpc) is 3.41. The highest BCUT2D eigenvalue weighted by Gasteiger charge is 2.45. The Kier molecular flexibility index (Phi) is 10.2. The van der Waals surface area contributed by atoms with E-state index in [-0.39, 0.29) is 39.2 Å². The van der Waals surface area contributed by atoms with Gasteiger partial charge in [0.1, 0.15) is 52.6 Å². The second kappa shape index (κ2) is 14.1. The number of phenolic OH excluding ortho intramolecular Hbond substituents is 3. The number of carbonyl (C=O) groups excluding carboxylic acids is 1. The van der Waals surface area contributed by atoms with Crippen LogP contribution >= 0.6 is 0 Å². The minimum atomic E-state index is -1.90. The van der Waals surface area contributed by atoms with E-state index in [0.29, 0.717) is 18.5 Å². The van der Waals surface area contributed by atoms with E-state index in [1.54, 1.807) is 0 Å². The predicted molar refractivity (Wildman–Crippen MR) is 164 cm³/mol. The molecule has 2 aromatic carbocycles. The number of carbonyl (C=O) groups is 1. The maximum Gasteiger partial charge on any atom is 0.239 e. The third-order valence-corrected chi connectivity index (χ3v) is 8.30. The maximum atomic E-state index is 13.9. The molecule has 0 saturated carbocycles. The number of aryl methyl sites for hydroxylation is 1. The van der Waals surface area contributed by atoms with Gasteiger partial charge in [-0.05, 0) is 18.6 Å². The molecule has 0 radical (unpaired) electrons. The summed E-state index contributed by atoms with van der Waals surface area (Å²) in [6, 6.07) is 4.60. The standard InChI is InChI=1S/C33H38O13/c1-2-3-4-5-6-7-8-9-21-18(14-34)24-17(10-11-19(37)31(24)43-21)30-32(27(40)25-20(38)12-16(36)13-22(25)44-30)46-33-29(42)28(41)26(39)23(15-35)45-33/h10-14,23,26,28-29,33,35-39,41-42H,2-9,15H2,1H3/t23-,26+,28+,29-,33+/m1/s1. The lowest BCUT2D eigenvalue weighted by molar-refractivity contribution is -0.277. The highest BCUT2D eigenvalue weighted by atomic mass is 16.7. The predicted octanol–water partition coefficient (Wildman–Crippen LogP) is 3.61. The van der Waals surface area contributed by atoms with Crippen LogP contribution in [0.1, 0.15) is 68.0 Å². The van der Waals surface area contributed by atoms with Gasteiger partial charge in [0, 0.05) is 29.5 Å². The molecule has 3 heterocycles. The number of unbranched alkanes of at least 4 members (excludes halogenated alkanes) is 6. The first-order valence-electron chi connectivity index (χ1n) is 15.3. The summed E-state index contributed by atoms with van der Waals surface area (Å²) in [5, 5.41) is 71.9. The van der Waals surface area contributed by atoms with Crippen LogP contribution in [0.25, 0.3) is 33.3 Å². The monoisotopic (exact) mass is 642 g/mol. The molecule has 2 aromatic heterocycles. The van der Waals surface area contributed by atoms with E-state index in [1.165, 1.54) is 18.6 Å². The van der Waals surface area contributed by atoms with Gasteiger partial charge in [-0.2, -0.15) is 0 Å². The van der Waals surface area contributed by atoms with Crippen LogP contribution in [-0.2, 0) is 11.2 Å². The summed E-state index contributed by atoms with van der Waals surface area (Å²) in [6.45, 7) is 1.38. The van der Waals surface area contributed by atoms with Crippen molar-refractivity contribution in [1.82, 2.24) is 0 Å². The first kappa shape index (κ1) is 33.2. The number of rotatable bonds is 13. The number of aromatic hydroxyl groups is 3. The molecule has 0 spiro atoms. The topological polar surface area (TPSA) is 220 Å². The van der Waals surface area contributed by atoms with Crippen LogP contribution in [0.2, 0.25) is 0 Å². The Morgan fingerprint density at radius 1 is 0.870 bits per heavy atom. The Balaban J connectivity index is 1.64. The summed E-state index contributed by atoms with van der Waals surface area (Å²) in [7, 11) is 0. The van der Waals surface area contributed by atoms with Gasteiger partial charge in [0.25, 0.3) is 0 Å². The molecule has 1 saturated heterocycles. The fraction of sp³-hybridized carbons (Fsp3) is 0.455. The quantitative estimate of drug-likeness (QED) is 0.0819. The molecule has 0 unspecified atom stereocenters. The van der Waals surface area contributed by atoms with Gasteiger partial charge >= 0.3 is 0 Å². The Morgan fingerprint density at radius 2 is 1.59 bits per heavy atom. The first-order chi connectivity index (χ1) is 22.1. The van der Waals surface area contributed by atoms with Gasteiger partial charge in [-0.1, -0.05) is 45.4 Å². The van der Waals surface area contributed by atoms with Gasteiger partial charge in [-0.3, -0.25) is 9.59 Å². The van der Waals surface area contributed by atoms with Crippen LogP contribution < -0.4 is 10.2 Å². The molecule has 1 aliphatic rings. The molecule has 0 bridgehead atoms. The number of ether oxygens (including phenoxy) is 2. The van der Waals surface area contributed by atoms with Crippen molar-refractivity contribution in [3.05, 3.63) is 45.8 Å². The van der Waals surface area contributed by atoms with Crippen LogP contribution in [-0.4, -0.2) is 79.3 Å². The second-order valence-electron chi connectivity index (χ2n) is 11.5. The number of phenols is 3. The number of benzene rings is 2. The molecule has 0 aliphatic carbocycles. The summed E-state index contributed by atoms with van der Waals surface area (Å²) in [5.41, 5.74) is -1.15. The molecule has 5 rings (SSSR count). The van der Waals surface area contributed by atoms with Gasteiger partial charge in [0.2, 0.25) is 17.5 Å². The number of fused-ring (bicyclic) bond motifs is 2. The molecule has 1 fully saturated rings. The van der Waals surface area contributed by atoms with E-state index in [1.807, 2.05) is 0 Å². The van der Waals surface area contributed by atoms with Gasteiger partial charge in [0.05, 0.1) is 12.2 Å². The molecular weight excluding hydrogens is 604 g/mol. The lowest BCUT2D eigenvalue weighted by Crippen LogP contribution is -2.60. The Hall–Kier alpha value is -4.14. The van der Waals surface area contributed by atoms with Crippen molar-refractivity contribution in [1.29, 1.82) is 0 Å². The molecule has 7 N–H and O–H groups in total. The van der Waals surface area contributed by atoms with E-state index in [2.05, 4.69) is 6.92 Å². The van der Waals surface area contributed by atoms with Gasteiger partial charge in [-0.25, -0.2) is 0 Å². The molecule has 248 valence electrons. The molecule has 4 aromatic rings. The molecule has 46 heavy (non-hydrogen) atoms. The molecule has 13 heteroatoms. The summed E-state index contributed by atoms with van der Waals surface area (Å²) in [6.07, 6.45) is -0.438. The lowest BCUT2D eigenvalue weighted by atomic mass is 9.98. The van der Waals surface area contributed by atoms with Crippen LogP contribution in [0.5, 0.6) is 23.0 Å². The van der Waals surface area contributed by atoms with Gasteiger partial charge in [-0.15, -0.1) is 0 Å². The van der Waals surface area contributed by atoms with Crippen molar-refractivity contribution < 1.29 is 58.8 Å². The minimum Gasteiger partial charge on any atom is -0.508 e. The zero-order valence-electron chi connectivity index (χ0n) is 25.2. The molecule has 13 nitrogen and oxygen atoms in total. The summed E-state index contributed by atoms with van der Waals surface area (Å²) in [4.78, 5) is 26.4. The van der Waals surface area contributed by atoms with Crippen molar-refractivity contribution >= 4 is 28.2 Å². The fourth-order valence-electron chi connectivity index (χ4n) is 5.84. The van der Waals surface area contributed by atoms with Crippen molar-refractivity contribution in [3.63, 3.8) is 0 Å². The summed E-state index contributed by atoms with van der Waals surface area (Å²) >= 11 is 0. The normalized spacial score (nSPS) is 21.6. The van der Waals surface area contributed by atoms with Crippen molar-refractivity contribution in [2.75, 3.05) is 6.61 Å². The Labute approximate surface area is 262 Å². The number of aliphatic hydroxyl groups is 4. The first-order valence-corrected chi connectivity index (χ1v) is 15.3. The van der Waals surface area contributed by atoms with Crippen LogP contribution in [0.3, 0.4) is 0 Å². The average molecular weight is 643 g/mol. The van der Waals surface area contributed by atoms with Crippen LogP contribution in [0.15, 0.2) is 37.9 Å².